The minimum Gasteiger partial charge on any atom is -0.496 e. The van der Waals surface area contributed by atoms with Gasteiger partial charge < -0.3 is 18.9 Å². The third kappa shape index (κ3) is 6.78. The van der Waals surface area contributed by atoms with Gasteiger partial charge in [-0.2, -0.15) is 0 Å². The summed E-state index contributed by atoms with van der Waals surface area (Å²) in [6.07, 6.45) is 7.15. The van der Waals surface area contributed by atoms with Crippen LogP contribution in [0.4, 0.5) is 0 Å². The van der Waals surface area contributed by atoms with Gasteiger partial charge in [0.2, 0.25) is 0 Å². The third-order valence-electron chi connectivity index (χ3n) is 11.6. The highest BCUT2D eigenvalue weighted by Crippen LogP contribution is 2.40. The van der Waals surface area contributed by atoms with Gasteiger partial charge in [0.05, 0.1) is 60.1 Å². The normalized spacial score (nSPS) is 11.4. The Morgan fingerprint density at radius 3 is 1.22 bits per heavy atom. The van der Waals surface area contributed by atoms with E-state index in [4.69, 9.17) is 38.9 Å². The third-order valence-corrected chi connectivity index (χ3v) is 11.6. The van der Waals surface area contributed by atoms with E-state index in [0.717, 1.165) is 77.5 Å². The lowest BCUT2D eigenvalue weighted by Crippen LogP contribution is -1.98. The van der Waals surface area contributed by atoms with E-state index in [1.165, 1.54) is 0 Å². The van der Waals surface area contributed by atoms with Gasteiger partial charge in [-0.15, -0.1) is 0 Å². The van der Waals surface area contributed by atoms with Gasteiger partial charge in [-0.1, -0.05) is 36.4 Å². The van der Waals surface area contributed by atoms with Crippen LogP contribution in [0.1, 0.15) is 11.1 Å². The van der Waals surface area contributed by atoms with Gasteiger partial charge in [-0.05, 0) is 122 Å². The van der Waals surface area contributed by atoms with Crippen molar-refractivity contribution < 1.29 is 18.9 Å². The molecule has 0 unspecified atom stereocenters. The van der Waals surface area contributed by atoms with Crippen LogP contribution in [0.5, 0.6) is 34.5 Å². The molecular formula is C54H40N6O4. The van der Waals surface area contributed by atoms with E-state index >= 15 is 0 Å². The summed E-state index contributed by atoms with van der Waals surface area (Å²) < 4.78 is 29.1. The second kappa shape index (κ2) is 15.8. The van der Waals surface area contributed by atoms with Crippen molar-refractivity contribution >= 4 is 43.6 Å². The van der Waals surface area contributed by atoms with Crippen LogP contribution >= 0.6 is 0 Å². The minimum atomic E-state index is 0.616. The first kappa shape index (κ1) is 38.4. The summed E-state index contributed by atoms with van der Waals surface area (Å²) >= 11 is 0. The van der Waals surface area contributed by atoms with Crippen molar-refractivity contribution in [1.82, 2.24) is 29.1 Å². The maximum atomic E-state index is 6.54. The van der Waals surface area contributed by atoms with E-state index in [0.29, 0.717) is 45.9 Å². The zero-order chi connectivity index (χ0) is 43.3. The first-order valence-corrected chi connectivity index (χ1v) is 20.9. The Balaban J connectivity index is 0.895. The summed E-state index contributed by atoms with van der Waals surface area (Å²) in [6, 6.07) is 48.6. The van der Waals surface area contributed by atoms with Crippen molar-refractivity contribution in [2.24, 2.45) is 0 Å². The van der Waals surface area contributed by atoms with Crippen LogP contribution in [0.25, 0.3) is 77.8 Å². The van der Waals surface area contributed by atoms with Crippen molar-refractivity contribution in [3.63, 3.8) is 0 Å². The number of hydrogen-bond donors (Lipinski definition) is 0. The maximum absolute atomic E-state index is 6.54. The van der Waals surface area contributed by atoms with E-state index in [2.05, 4.69) is 108 Å². The summed E-state index contributed by atoms with van der Waals surface area (Å²) in [4.78, 5) is 19.2. The Hall–Kier alpha value is -8.50. The molecule has 0 fully saturated rings. The van der Waals surface area contributed by atoms with E-state index in [-0.39, 0.29) is 0 Å². The van der Waals surface area contributed by atoms with Crippen LogP contribution in [0.15, 0.2) is 170 Å². The van der Waals surface area contributed by atoms with Crippen LogP contribution in [0.2, 0.25) is 0 Å². The molecule has 5 aromatic heterocycles. The molecule has 64 heavy (non-hydrogen) atoms. The highest BCUT2D eigenvalue weighted by Gasteiger charge is 2.18. The van der Waals surface area contributed by atoms with Crippen LogP contribution in [0.3, 0.4) is 0 Å². The number of hydrogen-bond acceptors (Lipinski definition) is 8. The number of nitrogens with zero attached hydrogens (tertiary/aromatic N) is 6. The van der Waals surface area contributed by atoms with Crippen molar-refractivity contribution in [3.05, 3.63) is 182 Å². The maximum Gasteiger partial charge on any atom is 0.137 e. The zero-order valence-electron chi connectivity index (χ0n) is 35.5. The average molecular weight is 837 g/mol. The molecule has 0 bridgehead atoms. The number of methoxy groups -OCH3 is 2. The first-order chi connectivity index (χ1) is 31.4. The van der Waals surface area contributed by atoms with Crippen LogP contribution in [-0.4, -0.2) is 43.3 Å². The number of fused-ring (bicyclic) bond motifs is 6. The molecule has 10 nitrogen and oxygen atoms in total. The SMILES string of the molecule is COc1ccc(Oc2ccc3c4ccccc4n(-c4cc(C)ccn4)c3c2)cc1-c1cnc(-c2cc(Oc3ccc4c5ccccc5n(-c5cc(C)ccn5)c4c3)ccc2OC)cn1. The standard InChI is InChI=1S/C54H40N6O4/c1-33-21-23-55-53(25-33)59-47-11-7-5-9-39(47)41-17-13-37(29-49(41)59)63-35-15-19-51(61-3)43(27-35)45-31-58-46(32-57-45)44-28-36(16-20-52(44)62-4)64-38-14-18-42-40-10-6-8-12-48(40)60(50(42)30-38)54-26-34(2)22-24-56-54/h5-32H,1-4H3. The zero-order valence-corrected chi connectivity index (χ0v) is 35.5. The largest absolute Gasteiger partial charge is 0.496 e. The fourth-order valence-electron chi connectivity index (χ4n) is 8.59. The Morgan fingerprint density at radius 2 is 0.797 bits per heavy atom. The van der Waals surface area contributed by atoms with Crippen molar-refractivity contribution in [2.45, 2.75) is 13.8 Å². The molecule has 10 heteroatoms. The van der Waals surface area contributed by atoms with Gasteiger partial charge in [0, 0.05) is 57.2 Å². The second-order valence-electron chi connectivity index (χ2n) is 15.7. The molecule has 11 aromatic rings. The number of benzene rings is 6. The summed E-state index contributed by atoms with van der Waals surface area (Å²) in [6.45, 7) is 4.15. The molecule has 310 valence electrons. The van der Waals surface area contributed by atoms with E-state index in [1.807, 2.05) is 73.1 Å². The van der Waals surface area contributed by atoms with Gasteiger partial charge in [-0.25, -0.2) is 9.97 Å². The lowest BCUT2D eigenvalue weighted by atomic mass is 10.1. The summed E-state index contributed by atoms with van der Waals surface area (Å²) in [5, 5.41) is 4.52. The number of rotatable bonds is 10. The second-order valence-corrected chi connectivity index (χ2v) is 15.7. The molecule has 0 aliphatic carbocycles. The molecule has 0 saturated heterocycles. The highest BCUT2D eigenvalue weighted by atomic mass is 16.5. The number of aromatic nitrogens is 6. The topological polar surface area (TPSA) is 98.3 Å². The number of para-hydroxylation sites is 2. The monoisotopic (exact) mass is 836 g/mol. The Morgan fingerprint density at radius 1 is 0.391 bits per heavy atom. The van der Waals surface area contributed by atoms with Crippen molar-refractivity contribution in [3.8, 4) is 68.6 Å². The Kier molecular flexibility index (Phi) is 9.46. The highest BCUT2D eigenvalue weighted by molar-refractivity contribution is 6.10. The molecule has 0 aliphatic rings. The molecule has 0 saturated carbocycles. The quantitative estimate of drug-likeness (QED) is 0.134. The molecule has 11 rings (SSSR count). The van der Waals surface area contributed by atoms with Gasteiger partial charge >= 0.3 is 0 Å². The van der Waals surface area contributed by atoms with E-state index in [9.17, 15) is 0 Å². The molecule has 5 heterocycles. The molecule has 0 atom stereocenters. The molecule has 0 aliphatic heterocycles. The van der Waals surface area contributed by atoms with Crippen molar-refractivity contribution in [1.29, 1.82) is 0 Å². The summed E-state index contributed by atoms with van der Waals surface area (Å²) in [5.41, 5.74) is 9.11. The van der Waals surface area contributed by atoms with Crippen molar-refractivity contribution in [2.75, 3.05) is 14.2 Å². The Labute approximate surface area is 368 Å². The first-order valence-electron chi connectivity index (χ1n) is 20.9. The van der Waals surface area contributed by atoms with Crippen LogP contribution in [0, 0.1) is 13.8 Å². The van der Waals surface area contributed by atoms with E-state index in [1.54, 1.807) is 26.6 Å². The minimum absolute atomic E-state index is 0.616. The smallest absolute Gasteiger partial charge is 0.137 e. The van der Waals surface area contributed by atoms with E-state index < -0.39 is 0 Å². The average Bonchev–Trinajstić information content (AvgIpc) is 3.83. The molecule has 6 aromatic carbocycles. The molecular weight excluding hydrogens is 797 g/mol. The molecule has 0 radical (unpaired) electrons. The molecule has 0 amide bonds. The summed E-state index contributed by atoms with van der Waals surface area (Å²) in [7, 11) is 3.28. The lowest BCUT2D eigenvalue weighted by Gasteiger charge is -2.14. The lowest BCUT2D eigenvalue weighted by molar-refractivity contribution is 0.414. The molecule has 0 spiro atoms. The van der Waals surface area contributed by atoms with Gasteiger partial charge in [0.25, 0.3) is 0 Å². The fourth-order valence-corrected chi connectivity index (χ4v) is 8.59. The van der Waals surface area contributed by atoms with Gasteiger partial charge in [-0.3, -0.25) is 19.1 Å². The number of aryl methyl sites for hydroxylation is 2. The van der Waals surface area contributed by atoms with Gasteiger partial charge in [0.15, 0.2) is 0 Å². The predicted octanol–water partition coefficient (Wildman–Crippen LogP) is 13.0. The summed E-state index contributed by atoms with van der Waals surface area (Å²) in [5.74, 6) is 5.58. The number of ether oxygens (including phenoxy) is 4. The fraction of sp³-hybridized carbons (Fsp3) is 0.0741. The molecule has 0 N–H and O–H groups in total. The van der Waals surface area contributed by atoms with Crippen LogP contribution in [-0.2, 0) is 0 Å². The van der Waals surface area contributed by atoms with Gasteiger partial charge in [0.1, 0.15) is 46.1 Å². The number of pyridine rings is 2. The Bertz CT molecular complexity index is 3340. The van der Waals surface area contributed by atoms with Crippen LogP contribution < -0.4 is 18.9 Å². The predicted molar refractivity (Wildman–Crippen MR) is 253 cm³/mol.